The third-order valence-electron chi connectivity index (χ3n) is 2.85. The maximum atomic E-state index is 9.17. The molecular formula is C11H17NO10. The molecule has 0 unspecified atom stereocenters. The fraction of sp³-hybridized carbons (Fsp3) is 0.455. The normalized spacial score (nSPS) is 14.1. The van der Waals surface area contributed by atoms with Crippen LogP contribution in [0.3, 0.4) is 0 Å². The summed E-state index contributed by atoms with van der Waals surface area (Å²) in [6.07, 6.45) is 0. The molecule has 0 saturated heterocycles. The molecule has 0 spiro atoms. The van der Waals surface area contributed by atoms with Crippen molar-refractivity contribution in [3.8, 4) is 5.75 Å². The Morgan fingerprint density at radius 2 is 1.09 bits per heavy atom. The van der Waals surface area contributed by atoms with E-state index in [9.17, 15) is 0 Å². The van der Waals surface area contributed by atoms with Crippen molar-refractivity contribution in [1.29, 1.82) is 0 Å². The van der Waals surface area contributed by atoms with Gasteiger partial charge in [-0.25, -0.2) is 0 Å². The van der Waals surface area contributed by atoms with Crippen LogP contribution >= 0.6 is 0 Å². The van der Waals surface area contributed by atoms with Gasteiger partial charge in [-0.2, -0.15) is 0 Å². The van der Waals surface area contributed by atoms with E-state index in [0.29, 0.717) is 5.56 Å². The van der Waals surface area contributed by atoms with Gasteiger partial charge in [-0.3, -0.25) is 0 Å². The molecule has 0 atom stereocenters. The largest absolute Gasteiger partial charge is 0.464 e. The van der Waals surface area contributed by atoms with Gasteiger partial charge in [-0.1, -0.05) is 12.1 Å². The smallest absolute Gasteiger partial charge is 0.350 e. The second kappa shape index (κ2) is 5.68. The Kier molecular flexibility index (Phi) is 4.82. The number of rotatable bonds is 6. The summed E-state index contributed by atoms with van der Waals surface area (Å²) in [6, 6.07) is 4.71. The maximum absolute atomic E-state index is 9.17. The quantitative estimate of drug-likeness (QED) is 0.224. The van der Waals surface area contributed by atoms with Crippen LogP contribution in [-0.2, 0) is 6.54 Å². The zero-order valence-corrected chi connectivity index (χ0v) is 11.0. The van der Waals surface area contributed by atoms with E-state index in [1.54, 1.807) is 0 Å². The van der Waals surface area contributed by atoms with Gasteiger partial charge in [0.25, 0.3) is 0 Å². The van der Waals surface area contributed by atoms with Gasteiger partial charge < -0.3 is 56.4 Å². The zero-order valence-electron chi connectivity index (χ0n) is 11.0. The first-order chi connectivity index (χ1) is 9.76. The van der Waals surface area contributed by atoms with Crippen molar-refractivity contribution >= 4 is 0 Å². The lowest BCUT2D eigenvalue weighted by Crippen LogP contribution is -2.81. The van der Waals surface area contributed by atoms with Crippen LogP contribution in [0.4, 0.5) is 0 Å². The first-order valence-corrected chi connectivity index (χ1v) is 5.75. The van der Waals surface area contributed by atoms with E-state index in [2.05, 4.69) is 4.74 Å². The minimum atomic E-state index is -4.52. The molecule has 22 heavy (non-hydrogen) atoms. The van der Waals surface area contributed by atoms with Crippen LogP contribution in [0.5, 0.6) is 5.75 Å². The second-order valence-corrected chi connectivity index (χ2v) is 4.54. The molecule has 0 heterocycles. The summed E-state index contributed by atoms with van der Waals surface area (Å²) in [5.74, 6) is -14.1. The Morgan fingerprint density at radius 3 is 1.36 bits per heavy atom. The Balaban J connectivity index is 3.43. The molecule has 0 aromatic heterocycles. The first kappa shape index (κ1) is 18.7. The lowest BCUT2D eigenvalue weighted by molar-refractivity contribution is -0.564. The molecule has 0 amide bonds. The standard InChI is InChI=1S/C11H17NO10/c12-5-6-1-3-7(4-2-6)22-8(9(13,14)15,10(16,17)18)11(19,20)21/h1-4,13-21H,5,12H2. The Morgan fingerprint density at radius 1 is 0.727 bits per heavy atom. The van der Waals surface area contributed by atoms with Crippen molar-refractivity contribution in [2.45, 2.75) is 30.1 Å². The van der Waals surface area contributed by atoms with E-state index in [-0.39, 0.29) is 6.54 Å². The van der Waals surface area contributed by atoms with Gasteiger partial charge in [0.05, 0.1) is 0 Å². The van der Waals surface area contributed by atoms with Crippen molar-refractivity contribution in [1.82, 2.24) is 0 Å². The SMILES string of the molecule is NCc1ccc(OC(C(O)(O)O)(C(O)(O)O)C(O)(O)O)cc1. The number of nitrogens with two attached hydrogens (primary N) is 1. The average molecular weight is 323 g/mol. The third-order valence-corrected chi connectivity index (χ3v) is 2.85. The molecule has 0 aliphatic carbocycles. The topological polar surface area (TPSA) is 217 Å². The van der Waals surface area contributed by atoms with Gasteiger partial charge in [0.15, 0.2) is 0 Å². The van der Waals surface area contributed by atoms with Crippen molar-refractivity contribution < 1.29 is 50.7 Å². The summed E-state index contributed by atoms with van der Waals surface area (Å²) in [7, 11) is 0. The Hall–Kier alpha value is -1.38. The Labute approximate surface area is 123 Å². The predicted molar refractivity (Wildman–Crippen MR) is 65.9 cm³/mol. The van der Waals surface area contributed by atoms with E-state index in [1.807, 2.05) is 0 Å². The van der Waals surface area contributed by atoms with Gasteiger partial charge >= 0.3 is 23.5 Å². The lowest BCUT2D eigenvalue weighted by Gasteiger charge is -2.47. The van der Waals surface area contributed by atoms with E-state index >= 15 is 0 Å². The number of ether oxygens (including phenoxy) is 1. The summed E-state index contributed by atoms with van der Waals surface area (Å²) in [5.41, 5.74) is 1.57. The predicted octanol–water partition coefficient (Wildman–Crippen LogP) is -4.84. The highest BCUT2D eigenvalue weighted by Crippen LogP contribution is 2.39. The summed E-state index contributed by atoms with van der Waals surface area (Å²) in [6.45, 7) is 0.114. The molecule has 11 heteroatoms. The summed E-state index contributed by atoms with van der Waals surface area (Å²) in [5, 5.41) is 82.5. The number of hydrogen-bond acceptors (Lipinski definition) is 11. The first-order valence-electron chi connectivity index (χ1n) is 5.75. The van der Waals surface area contributed by atoms with Crippen molar-refractivity contribution in [3.05, 3.63) is 29.8 Å². The summed E-state index contributed by atoms with van der Waals surface area (Å²) >= 11 is 0. The minimum Gasteiger partial charge on any atom is -0.464 e. The van der Waals surface area contributed by atoms with Crippen LogP contribution in [-0.4, -0.2) is 69.5 Å². The molecule has 0 fully saturated rings. The zero-order chi connectivity index (χ0) is 17.4. The van der Waals surface area contributed by atoms with Gasteiger partial charge in [-0.05, 0) is 17.7 Å². The maximum Gasteiger partial charge on any atom is 0.350 e. The fourth-order valence-electron chi connectivity index (χ4n) is 1.75. The molecule has 0 aliphatic rings. The van der Waals surface area contributed by atoms with E-state index in [0.717, 1.165) is 12.1 Å². The summed E-state index contributed by atoms with van der Waals surface area (Å²) < 4.78 is 4.50. The molecule has 0 aliphatic heterocycles. The van der Waals surface area contributed by atoms with Crippen LogP contribution < -0.4 is 10.5 Å². The molecule has 1 aromatic carbocycles. The molecular weight excluding hydrogens is 306 g/mol. The fourth-order valence-corrected chi connectivity index (χ4v) is 1.75. The van der Waals surface area contributed by atoms with E-state index in [1.165, 1.54) is 12.1 Å². The highest BCUT2D eigenvalue weighted by molar-refractivity contribution is 5.28. The van der Waals surface area contributed by atoms with Crippen molar-refractivity contribution in [2.75, 3.05) is 0 Å². The molecule has 11 N–H and O–H groups in total. The lowest BCUT2D eigenvalue weighted by atomic mass is 9.93. The van der Waals surface area contributed by atoms with Gasteiger partial charge in [0.1, 0.15) is 5.75 Å². The van der Waals surface area contributed by atoms with E-state index in [4.69, 9.17) is 51.7 Å². The number of benzene rings is 1. The highest BCUT2D eigenvalue weighted by Gasteiger charge is 2.77. The molecule has 0 bridgehead atoms. The second-order valence-electron chi connectivity index (χ2n) is 4.54. The summed E-state index contributed by atoms with van der Waals surface area (Å²) in [4.78, 5) is 0. The van der Waals surface area contributed by atoms with Gasteiger partial charge in [-0.15, -0.1) is 0 Å². The van der Waals surface area contributed by atoms with Gasteiger partial charge in [0, 0.05) is 6.54 Å². The molecule has 1 aromatic rings. The van der Waals surface area contributed by atoms with Crippen LogP contribution in [0.15, 0.2) is 24.3 Å². The van der Waals surface area contributed by atoms with Gasteiger partial charge in [0.2, 0.25) is 0 Å². The molecule has 11 nitrogen and oxygen atoms in total. The Bertz CT molecular complexity index is 460. The highest BCUT2D eigenvalue weighted by atomic mass is 16.8. The van der Waals surface area contributed by atoms with Crippen LogP contribution in [0.1, 0.15) is 5.56 Å². The van der Waals surface area contributed by atoms with E-state index < -0.39 is 29.3 Å². The monoisotopic (exact) mass is 323 g/mol. The van der Waals surface area contributed by atoms with Crippen molar-refractivity contribution in [3.63, 3.8) is 0 Å². The molecule has 0 radical (unpaired) electrons. The number of hydrogen-bond donors (Lipinski definition) is 10. The van der Waals surface area contributed by atoms with Crippen LogP contribution in [0.25, 0.3) is 0 Å². The molecule has 126 valence electrons. The van der Waals surface area contributed by atoms with Crippen molar-refractivity contribution in [2.24, 2.45) is 5.73 Å². The average Bonchev–Trinajstić information content (AvgIpc) is 2.32. The van der Waals surface area contributed by atoms with Crippen LogP contribution in [0.2, 0.25) is 0 Å². The molecule has 1 rings (SSSR count). The van der Waals surface area contributed by atoms with Crippen LogP contribution in [0, 0.1) is 0 Å². The third kappa shape index (κ3) is 3.18. The molecule has 0 saturated carbocycles. The minimum absolute atomic E-state index is 0.114. The number of aliphatic hydroxyl groups is 9.